The summed E-state index contributed by atoms with van der Waals surface area (Å²) in [7, 11) is 0. The molecule has 2 aliphatic rings. The van der Waals surface area contributed by atoms with Crippen molar-refractivity contribution < 1.29 is 29.1 Å². The molecule has 46 heavy (non-hydrogen) atoms. The van der Waals surface area contributed by atoms with Crippen molar-refractivity contribution in [2.45, 2.75) is 81.6 Å². The van der Waals surface area contributed by atoms with Gasteiger partial charge in [-0.05, 0) is 54.9 Å². The zero-order valence-corrected chi connectivity index (χ0v) is 25.5. The molecule has 4 N–H and O–H groups in total. The number of piperidine rings is 1. The van der Waals surface area contributed by atoms with Crippen LogP contribution in [0.1, 0.15) is 48.8 Å². The number of fused-ring (bicyclic) bond motifs is 1. The fraction of sp³-hybridized carbons (Fsp3) is 0.371. The van der Waals surface area contributed by atoms with E-state index in [1.54, 1.807) is 29.4 Å². The highest BCUT2D eigenvalue weighted by atomic mass is 16.4. The van der Waals surface area contributed by atoms with E-state index in [-0.39, 0.29) is 37.1 Å². The van der Waals surface area contributed by atoms with Crippen LogP contribution in [-0.2, 0) is 43.2 Å². The minimum absolute atomic E-state index is 0.123. The van der Waals surface area contributed by atoms with E-state index in [2.05, 4.69) is 20.9 Å². The Morgan fingerprint density at radius 2 is 1.50 bits per heavy atom. The van der Waals surface area contributed by atoms with Gasteiger partial charge in [0.1, 0.15) is 18.1 Å². The Morgan fingerprint density at radius 1 is 0.826 bits per heavy atom. The average molecular weight is 626 g/mol. The predicted octanol–water partition coefficient (Wildman–Crippen LogP) is 2.19. The third-order valence-corrected chi connectivity index (χ3v) is 8.58. The van der Waals surface area contributed by atoms with E-state index < -0.39 is 42.0 Å². The van der Waals surface area contributed by atoms with Gasteiger partial charge in [-0.1, -0.05) is 66.7 Å². The quantitative estimate of drug-likeness (QED) is 0.227. The first-order valence-corrected chi connectivity index (χ1v) is 15.7. The molecule has 0 saturated carbocycles. The fourth-order valence-electron chi connectivity index (χ4n) is 6.40. The summed E-state index contributed by atoms with van der Waals surface area (Å²) in [6.45, 7) is 0. The molecule has 1 aromatic heterocycles. The van der Waals surface area contributed by atoms with Crippen LogP contribution < -0.4 is 16.0 Å². The second kappa shape index (κ2) is 15.3. The normalized spacial score (nSPS) is 20.2. The molecule has 240 valence electrons. The number of carbonyl (C=O) groups excluding carboxylic acids is 4. The van der Waals surface area contributed by atoms with Crippen molar-refractivity contribution in [1.29, 1.82) is 0 Å². The minimum Gasteiger partial charge on any atom is -0.481 e. The summed E-state index contributed by atoms with van der Waals surface area (Å²) >= 11 is 0. The van der Waals surface area contributed by atoms with Gasteiger partial charge in [-0.15, -0.1) is 0 Å². The van der Waals surface area contributed by atoms with Gasteiger partial charge in [-0.2, -0.15) is 0 Å². The van der Waals surface area contributed by atoms with Crippen molar-refractivity contribution in [3.05, 3.63) is 102 Å². The van der Waals surface area contributed by atoms with Gasteiger partial charge in [-0.25, -0.2) is 0 Å². The van der Waals surface area contributed by atoms with Crippen LogP contribution in [0.2, 0.25) is 0 Å². The molecule has 0 bridgehead atoms. The van der Waals surface area contributed by atoms with E-state index in [0.29, 0.717) is 37.7 Å². The molecule has 11 heteroatoms. The number of amides is 4. The first kappa shape index (κ1) is 32.3. The minimum atomic E-state index is -1.06. The Morgan fingerprint density at radius 3 is 2.17 bits per heavy atom. The molecule has 0 aliphatic carbocycles. The predicted molar refractivity (Wildman–Crippen MR) is 169 cm³/mol. The standard InChI is InChI=1S/C35H39N5O6/c41-31(20-24-10-5-2-6-11-24)38-28-15-13-27-14-16-30(40(27)35(28)46)34(45)39-29(19-25-12-7-17-36-22-25)33(44)37-26(21-32(42)43)18-23-8-3-1-4-9-23/h1-12,17,22,26-30H,13-16,18-21H2,(H,37,44)(H,38,41)(H,39,45)(H,42,43)/t26-,27-,28-,29-,30-/m0/s1. The number of nitrogens with zero attached hydrogens (tertiary/aromatic N) is 2. The van der Waals surface area contributed by atoms with Crippen LogP contribution in [0.5, 0.6) is 0 Å². The third kappa shape index (κ3) is 8.56. The second-order valence-corrected chi connectivity index (χ2v) is 12.0. The summed E-state index contributed by atoms with van der Waals surface area (Å²) in [6.07, 6.45) is 5.72. The Kier molecular flexibility index (Phi) is 10.7. The molecule has 2 aliphatic heterocycles. The maximum atomic E-state index is 13.8. The van der Waals surface area contributed by atoms with Gasteiger partial charge in [0.05, 0.1) is 12.8 Å². The first-order chi connectivity index (χ1) is 22.3. The lowest BCUT2D eigenvalue weighted by atomic mass is 9.97. The summed E-state index contributed by atoms with van der Waals surface area (Å²) in [4.78, 5) is 71.2. The number of aliphatic carboxylic acids is 1. The summed E-state index contributed by atoms with van der Waals surface area (Å²) in [5, 5.41) is 18.1. The van der Waals surface area contributed by atoms with Gasteiger partial charge in [0.25, 0.3) is 0 Å². The van der Waals surface area contributed by atoms with Crippen molar-refractivity contribution in [2.75, 3.05) is 0 Å². The highest BCUT2D eigenvalue weighted by Gasteiger charge is 2.46. The smallest absolute Gasteiger partial charge is 0.305 e. The van der Waals surface area contributed by atoms with E-state index in [0.717, 1.165) is 11.1 Å². The van der Waals surface area contributed by atoms with E-state index in [9.17, 15) is 29.1 Å². The van der Waals surface area contributed by atoms with Gasteiger partial charge in [0, 0.05) is 30.9 Å². The lowest BCUT2D eigenvalue weighted by Crippen LogP contribution is -2.60. The number of hydrogen-bond donors (Lipinski definition) is 4. The number of pyridine rings is 1. The molecular weight excluding hydrogens is 586 g/mol. The Labute approximate surface area is 267 Å². The van der Waals surface area contributed by atoms with Crippen LogP contribution in [-0.4, -0.2) is 74.8 Å². The molecule has 2 fully saturated rings. The maximum Gasteiger partial charge on any atom is 0.305 e. The zero-order chi connectivity index (χ0) is 32.5. The summed E-state index contributed by atoms with van der Waals surface area (Å²) in [5.41, 5.74) is 2.42. The zero-order valence-electron chi connectivity index (χ0n) is 25.5. The van der Waals surface area contributed by atoms with Crippen molar-refractivity contribution in [1.82, 2.24) is 25.8 Å². The van der Waals surface area contributed by atoms with E-state index in [4.69, 9.17) is 0 Å². The molecule has 3 aromatic rings. The molecule has 11 nitrogen and oxygen atoms in total. The van der Waals surface area contributed by atoms with Gasteiger partial charge < -0.3 is 26.0 Å². The SMILES string of the molecule is O=C(O)C[C@H](Cc1ccccc1)NC(=O)[C@H](Cc1cccnc1)NC(=O)[C@@H]1CC[C@@H]2CC[C@H](NC(=O)Cc3ccccc3)C(=O)N21. The number of rotatable bonds is 13. The lowest BCUT2D eigenvalue weighted by molar-refractivity contribution is -0.146. The molecule has 5 rings (SSSR count). The number of benzene rings is 2. The Balaban J connectivity index is 1.28. The lowest BCUT2D eigenvalue weighted by Gasteiger charge is -2.38. The number of carbonyl (C=O) groups is 5. The Hall–Kier alpha value is -5.06. The Bertz CT molecular complexity index is 1520. The molecule has 4 amide bonds. The molecule has 2 saturated heterocycles. The summed E-state index contributed by atoms with van der Waals surface area (Å²) < 4.78 is 0. The first-order valence-electron chi connectivity index (χ1n) is 15.7. The van der Waals surface area contributed by atoms with Crippen LogP contribution in [0, 0.1) is 0 Å². The molecule has 0 radical (unpaired) electrons. The van der Waals surface area contributed by atoms with Crippen LogP contribution in [0.4, 0.5) is 0 Å². The summed E-state index contributed by atoms with van der Waals surface area (Å²) in [6, 6.07) is 18.7. The molecule has 0 spiro atoms. The van der Waals surface area contributed by atoms with E-state index >= 15 is 0 Å². The molecule has 0 unspecified atom stereocenters. The number of aromatic nitrogens is 1. The van der Waals surface area contributed by atoms with Gasteiger partial charge in [-0.3, -0.25) is 29.0 Å². The highest BCUT2D eigenvalue weighted by Crippen LogP contribution is 2.33. The van der Waals surface area contributed by atoms with Crippen molar-refractivity contribution in [2.24, 2.45) is 0 Å². The number of nitrogens with one attached hydrogen (secondary N) is 3. The van der Waals surface area contributed by atoms with E-state index in [1.165, 1.54) is 0 Å². The number of carboxylic acids is 1. The second-order valence-electron chi connectivity index (χ2n) is 12.0. The molecular formula is C35H39N5O6. The average Bonchev–Trinajstić information content (AvgIpc) is 3.48. The van der Waals surface area contributed by atoms with Crippen LogP contribution in [0.15, 0.2) is 85.2 Å². The van der Waals surface area contributed by atoms with Gasteiger partial charge >= 0.3 is 5.97 Å². The van der Waals surface area contributed by atoms with Gasteiger partial charge in [0.2, 0.25) is 23.6 Å². The van der Waals surface area contributed by atoms with Crippen molar-refractivity contribution >= 4 is 29.6 Å². The molecule has 5 atom stereocenters. The third-order valence-electron chi connectivity index (χ3n) is 8.58. The van der Waals surface area contributed by atoms with Crippen molar-refractivity contribution in [3.63, 3.8) is 0 Å². The highest BCUT2D eigenvalue weighted by molar-refractivity contribution is 5.95. The topological polar surface area (TPSA) is 158 Å². The summed E-state index contributed by atoms with van der Waals surface area (Å²) in [5.74, 6) is -2.60. The fourth-order valence-corrected chi connectivity index (χ4v) is 6.40. The van der Waals surface area contributed by atoms with Crippen LogP contribution in [0.25, 0.3) is 0 Å². The van der Waals surface area contributed by atoms with Crippen LogP contribution >= 0.6 is 0 Å². The monoisotopic (exact) mass is 625 g/mol. The maximum absolute atomic E-state index is 13.8. The number of hydrogen-bond acceptors (Lipinski definition) is 6. The van der Waals surface area contributed by atoms with Crippen LogP contribution in [0.3, 0.4) is 0 Å². The number of carboxylic acid groups (broad SMARTS) is 1. The molecule has 2 aromatic carbocycles. The van der Waals surface area contributed by atoms with E-state index in [1.807, 2.05) is 60.7 Å². The van der Waals surface area contributed by atoms with Gasteiger partial charge in [0.15, 0.2) is 0 Å². The largest absolute Gasteiger partial charge is 0.481 e. The molecule has 3 heterocycles. The van der Waals surface area contributed by atoms with Crippen molar-refractivity contribution in [3.8, 4) is 0 Å².